The van der Waals surface area contributed by atoms with Crippen molar-refractivity contribution in [1.29, 1.82) is 0 Å². The van der Waals surface area contributed by atoms with Gasteiger partial charge in [-0.05, 0) is 30.3 Å². The monoisotopic (exact) mass is 315 g/mol. The van der Waals surface area contributed by atoms with Gasteiger partial charge in [-0.25, -0.2) is 9.37 Å². The summed E-state index contributed by atoms with van der Waals surface area (Å²) in [6.45, 7) is 5.43. The van der Waals surface area contributed by atoms with Crippen LogP contribution >= 0.6 is 0 Å². The van der Waals surface area contributed by atoms with Crippen molar-refractivity contribution < 1.29 is 14.0 Å². The lowest BCUT2D eigenvalue weighted by molar-refractivity contribution is -0.123. The molecule has 0 radical (unpaired) electrons. The second kappa shape index (κ2) is 6.56. The van der Waals surface area contributed by atoms with Crippen molar-refractivity contribution in [2.45, 2.75) is 20.8 Å². The Kier molecular flexibility index (Phi) is 4.74. The van der Waals surface area contributed by atoms with Gasteiger partial charge in [0, 0.05) is 11.0 Å². The molecule has 2 amide bonds. The molecular weight excluding hydrogens is 297 g/mol. The fraction of sp³-hybridized carbons (Fsp3) is 0.235. The van der Waals surface area contributed by atoms with Gasteiger partial charge >= 0.3 is 0 Å². The predicted molar refractivity (Wildman–Crippen MR) is 86.7 cm³/mol. The number of aromatic nitrogens is 1. The molecule has 5 nitrogen and oxygen atoms in total. The Morgan fingerprint density at radius 1 is 1.09 bits per heavy atom. The number of carbonyl (C=O) groups excluding carboxylic acids is 2. The molecular formula is C17H18FN3O2. The zero-order valence-electron chi connectivity index (χ0n) is 13.2. The van der Waals surface area contributed by atoms with Gasteiger partial charge in [-0.2, -0.15) is 0 Å². The Morgan fingerprint density at radius 2 is 1.83 bits per heavy atom. The van der Waals surface area contributed by atoms with Gasteiger partial charge in [0.1, 0.15) is 11.6 Å². The molecule has 23 heavy (non-hydrogen) atoms. The molecule has 1 heterocycles. The fourth-order valence-corrected chi connectivity index (χ4v) is 1.68. The van der Waals surface area contributed by atoms with Crippen molar-refractivity contribution in [2.75, 3.05) is 10.6 Å². The third kappa shape index (κ3) is 4.60. The zero-order valence-corrected chi connectivity index (χ0v) is 13.2. The van der Waals surface area contributed by atoms with Crippen LogP contribution in [0.15, 0.2) is 42.6 Å². The number of anilines is 2. The highest BCUT2D eigenvalue weighted by Crippen LogP contribution is 2.18. The summed E-state index contributed by atoms with van der Waals surface area (Å²) in [6.07, 6.45) is 1.45. The lowest BCUT2D eigenvalue weighted by atomic mass is 9.96. The van der Waals surface area contributed by atoms with Crippen LogP contribution in [0.1, 0.15) is 31.1 Å². The van der Waals surface area contributed by atoms with E-state index >= 15 is 0 Å². The lowest BCUT2D eigenvalue weighted by Crippen LogP contribution is -2.27. The average molecular weight is 315 g/mol. The highest BCUT2D eigenvalue weighted by Gasteiger charge is 2.21. The largest absolute Gasteiger partial charge is 0.324 e. The Labute approximate surface area is 133 Å². The minimum Gasteiger partial charge on any atom is -0.324 e. The SMILES string of the molecule is CC(C)(C)C(=O)Nc1ccc(NC(=O)c2cccc(F)c2)nc1. The summed E-state index contributed by atoms with van der Waals surface area (Å²) in [4.78, 5) is 27.9. The molecule has 2 rings (SSSR count). The van der Waals surface area contributed by atoms with Crippen molar-refractivity contribution >= 4 is 23.3 Å². The van der Waals surface area contributed by atoms with Crippen LogP contribution < -0.4 is 10.6 Å². The number of carbonyl (C=O) groups is 2. The maximum atomic E-state index is 13.1. The molecule has 1 aromatic heterocycles. The van der Waals surface area contributed by atoms with Gasteiger partial charge in [0.15, 0.2) is 0 Å². The Hall–Kier alpha value is -2.76. The number of benzene rings is 1. The number of pyridine rings is 1. The number of rotatable bonds is 3. The van der Waals surface area contributed by atoms with E-state index in [4.69, 9.17) is 0 Å². The van der Waals surface area contributed by atoms with Crippen LogP contribution in [-0.2, 0) is 4.79 Å². The van der Waals surface area contributed by atoms with Crippen molar-refractivity contribution in [3.63, 3.8) is 0 Å². The smallest absolute Gasteiger partial charge is 0.256 e. The fourth-order valence-electron chi connectivity index (χ4n) is 1.68. The zero-order chi connectivity index (χ0) is 17.0. The minimum atomic E-state index is -0.510. The van der Waals surface area contributed by atoms with E-state index in [0.717, 1.165) is 6.07 Å². The van der Waals surface area contributed by atoms with Crippen molar-refractivity contribution in [2.24, 2.45) is 5.41 Å². The number of amides is 2. The number of halogens is 1. The third-order valence-corrected chi connectivity index (χ3v) is 3.03. The van der Waals surface area contributed by atoms with Gasteiger partial charge in [0.05, 0.1) is 11.9 Å². The highest BCUT2D eigenvalue weighted by atomic mass is 19.1. The second-order valence-electron chi connectivity index (χ2n) is 6.10. The standard InChI is InChI=1S/C17H18FN3O2/c1-17(2,3)16(23)20-13-7-8-14(19-10-13)21-15(22)11-5-4-6-12(18)9-11/h4-10H,1-3H3,(H,20,23)(H,19,21,22). The second-order valence-corrected chi connectivity index (χ2v) is 6.10. The minimum absolute atomic E-state index is 0.129. The van der Waals surface area contributed by atoms with Crippen LogP contribution in [0.3, 0.4) is 0 Å². The molecule has 1 aromatic carbocycles. The summed E-state index contributed by atoms with van der Waals surface area (Å²) >= 11 is 0. The van der Waals surface area contributed by atoms with Gasteiger partial charge in [-0.15, -0.1) is 0 Å². The van der Waals surface area contributed by atoms with E-state index < -0.39 is 17.1 Å². The van der Waals surface area contributed by atoms with Crippen LogP contribution in [0.25, 0.3) is 0 Å². The first kappa shape index (κ1) is 16.6. The summed E-state index contributed by atoms with van der Waals surface area (Å²) in [5.41, 5.74) is 0.232. The number of hydrogen-bond acceptors (Lipinski definition) is 3. The Balaban J connectivity index is 2.03. The highest BCUT2D eigenvalue weighted by molar-refractivity contribution is 6.03. The maximum Gasteiger partial charge on any atom is 0.256 e. The molecule has 6 heteroatoms. The van der Waals surface area contributed by atoms with Crippen LogP contribution in [0.5, 0.6) is 0 Å². The Bertz CT molecular complexity index is 721. The molecule has 0 aliphatic carbocycles. The number of hydrogen-bond donors (Lipinski definition) is 2. The van der Waals surface area contributed by atoms with Gasteiger partial charge < -0.3 is 10.6 Å². The predicted octanol–water partition coefficient (Wildman–Crippen LogP) is 3.46. The van der Waals surface area contributed by atoms with E-state index in [-0.39, 0.29) is 11.5 Å². The first-order valence-corrected chi connectivity index (χ1v) is 7.10. The molecule has 0 bridgehead atoms. The molecule has 2 aromatic rings. The van der Waals surface area contributed by atoms with Gasteiger partial charge in [-0.3, -0.25) is 9.59 Å². The molecule has 0 spiro atoms. The third-order valence-electron chi connectivity index (χ3n) is 3.03. The van der Waals surface area contributed by atoms with Crippen molar-refractivity contribution in [1.82, 2.24) is 4.98 Å². The van der Waals surface area contributed by atoms with E-state index in [9.17, 15) is 14.0 Å². The van der Waals surface area contributed by atoms with Crippen LogP contribution in [-0.4, -0.2) is 16.8 Å². The normalized spacial score (nSPS) is 11.0. The number of nitrogens with one attached hydrogen (secondary N) is 2. The van der Waals surface area contributed by atoms with Gasteiger partial charge in [0.2, 0.25) is 5.91 Å². The molecule has 0 aliphatic rings. The molecule has 0 fully saturated rings. The quantitative estimate of drug-likeness (QED) is 0.911. The first-order chi connectivity index (χ1) is 10.8. The molecule has 2 N–H and O–H groups in total. The van der Waals surface area contributed by atoms with E-state index in [2.05, 4.69) is 15.6 Å². The lowest BCUT2D eigenvalue weighted by Gasteiger charge is -2.17. The van der Waals surface area contributed by atoms with E-state index in [0.29, 0.717) is 11.5 Å². The molecule has 0 atom stereocenters. The van der Waals surface area contributed by atoms with Crippen molar-refractivity contribution in [3.8, 4) is 0 Å². The van der Waals surface area contributed by atoms with Gasteiger partial charge in [-0.1, -0.05) is 26.8 Å². The molecule has 0 saturated carbocycles. The van der Waals surface area contributed by atoms with E-state index in [1.807, 2.05) is 20.8 Å². The van der Waals surface area contributed by atoms with Crippen molar-refractivity contribution in [3.05, 3.63) is 54.0 Å². The van der Waals surface area contributed by atoms with Gasteiger partial charge in [0.25, 0.3) is 5.91 Å². The Morgan fingerprint density at radius 3 is 2.39 bits per heavy atom. The molecule has 0 aliphatic heterocycles. The molecule has 0 saturated heterocycles. The molecule has 0 unspecified atom stereocenters. The average Bonchev–Trinajstić information content (AvgIpc) is 2.48. The summed E-state index contributed by atoms with van der Waals surface area (Å²) < 4.78 is 13.1. The topological polar surface area (TPSA) is 71.1 Å². The van der Waals surface area contributed by atoms with E-state index in [1.54, 1.807) is 12.1 Å². The maximum absolute atomic E-state index is 13.1. The summed E-state index contributed by atoms with van der Waals surface area (Å²) in [6, 6.07) is 8.58. The summed E-state index contributed by atoms with van der Waals surface area (Å²) in [5, 5.41) is 5.30. The summed E-state index contributed by atoms with van der Waals surface area (Å²) in [5.74, 6) is -0.752. The summed E-state index contributed by atoms with van der Waals surface area (Å²) in [7, 11) is 0. The van der Waals surface area contributed by atoms with Crippen LogP contribution in [0, 0.1) is 11.2 Å². The van der Waals surface area contributed by atoms with Crippen LogP contribution in [0.4, 0.5) is 15.9 Å². The molecule has 120 valence electrons. The van der Waals surface area contributed by atoms with Crippen LogP contribution in [0.2, 0.25) is 0 Å². The van der Waals surface area contributed by atoms with E-state index in [1.165, 1.54) is 24.4 Å². The first-order valence-electron chi connectivity index (χ1n) is 7.10. The number of nitrogens with zero attached hydrogens (tertiary/aromatic N) is 1.